The normalized spacial score (nSPS) is 28.3. The van der Waals surface area contributed by atoms with Gasteiger partial charge in [-0.05, 0) is 55.1 Å². The van der Waals surface area contributed by atoms with Crippen LogP contribution in [0.1, 0.15) is 62.5 Å². The highest BCUT2D eigenvalue weighted by Gasteiger charge is 2.63. The number of rotatable bonds is 1. The molecule has 3 heteroatoms. The monoisotopic (exact) mass is 282 g/mol. The van der Waals surface area contributed by atoms with E-state index in [-0.39, 0.29) is 18.3 Å². The maximum Gasteiger partial charge on any atom is 0.494 e. The first-order valence-electron chi connectivity index (χ1n) is 8.78. The molecular weight excluding hydrogens is 259 g/mol. The van der Waals surface area contributed by atoms with E-state index in [1.807, 2.05) is 0 Å². The van der Waals surface area contributed by atoms with Gasteiger partial charge in [0, 0.05) is 0 Å². The zero-order chi connectivity index (χ0) is 13.9. The molecule has 2 spiro atoms. The van der Waals surface area contributed by atoms with Gasteiger partial charge in [0.1, 0.15) is 0 Å². The van der Waals surface area contributed by atoms with E-state index in [2.05, 4.69) is 18.2 Å². The van der Waals surface area contributed by atoms with E-state index in [0.29, 0.717) is 0 Å². The van der Waals surface area contributed by atoms with E-state index < -0.39 is 0 Å². The van der Waals surface area contributed by atoms with Crippen LogP contribution in [-0.2, 0) is 22.2 Å². The Balaban J connectivity index is 1.50. The van der Waals surface area contributed by atoms with E-state index in [9.17, 15) is 0 Å². The van der Waals surface area contributed by atoms with Crippen LogP contribution in [0.2, 0.25) is 0 Å². The minimum atomic E-state index is -0.118. The van der Waals surface area contributed by atoms with Crippen LogP contribution in [0.3, 0.4) is 0 Å². The summed E-state index contributed by atoms with van der Waals surface area (Å²) in [5, 5.41) is 0. The standard InChI is InChI=1S/C18H23BO2/c1-2-10-17(9-1)18(11-3-4-12-18)21-19(20-17)16-8-7-14-5-6-15(14)13-16/h7-8,13H,1-6,9-12H2. The Kier molecular flexibility index (Phi) is 2.64. The number of fused-ring (bicyclic) bond motifs is 2. The molecule has 110 valence electrons. The van der Waals surface area contributed by atoms with Crippen molar-refractivity contribution in [1.29, 1.82) is 0 Å². The van der Waals surface area contributed by atoms with Crippen LogP contribution in [-0.4, -0.2) is 18.3 Å². The lowest BCUT2D eigenvalue weighted by Gasteiger charge is -2.39. The molecule has 3 aliphatic carbocycles. The van der Waals surface area contributed by atoms with Crippen LogP contribution >= 0.6 is 0 Å². The summed E-state index contributed by atoms with van der Waals surface area (Å²) in [6, 6.07) is 6.85. The molecule has 1 heterocycles. The summed E-state index contributed by atoms with van der Waals surface area (Å²) in [5.74, 6) is 0. The first kappa shape index (κ1) is 12.7. The van der Waals surface area contributed by atoms with Crippen molar-refractivity contribution in [2.75, 3.05) is 0 Å². The molecule has 4 aliphatic rings. The highest BCUT2D eigenvalue weighted by Crippen LogP contribution is 2.55. The Morgan fingerprint density at radius 3 is 1.81 bits per heavy atom. The van der Waals surface area contributed by atoms with Gasteiger partial charge < -0.3 is 9.31 Å². The average molecular weight is 282 g/mol. The summed E-state index contributed by atoms with van der Waals surface area (Å²) < 4.78 is 13.3. The molecule has 21 heavy (non-hydrogen) atoms. The third-order valence-electron chi connectivity index (χ3n) is 6.48. The molecule has 1 aromatic carbocycles. The Hall–Kier alpha value is -0.795. The van der Waals surface area contributed by atoms with Crippen LogP contribution in [0.15, 0.2) is 18.2 Å². The second-order valence-corrected chi connectivity index (χ2v) is 7.50. The molecule has 1 saturated heterocycles. The van der Waals surface area contributed by atoms with Gasteiger partial charge in [-0.25, -0.2) is 0 Å². The summed E-state index contributed by atoms with van der Waals surface area (Å²) in [7, 11) is -0.118. The van der Waals surface area contributed by atoms with Gasteiger partial charge in [0.05, 0.1) is 11.2 Å². The first-order valence-corrected chi connectivity index (χ1v) is 8.78. The second-order valence-electron chi connectivity index (χ2n) is 7.50. The molecule has 0 amide bonds. The van der Waals surface area contributed by atoms with E-state index in [1.54, 1.807) is 0 Å². The molecule has 0 atom stereocenters. The van der Waals surface area contributed by atoms with Crippen molar-refractivity contribution in [1.82, 2.24) is 0 Å². The molecule has 0 radical (unpaired) electrons. The lowest BCUT2D eigenvalue weighted by atomic mass is 9.74. The molecule has 0 aromatic heterocycles. The van der Waals surface area contributed by atoms with Gasteiger partial charge in [0.2, 0.25) is 0 Å². The van der Waals surface area contributed by atoms with Crippen molar-refractivity contribution in [2.24, 2.45) is 0 Å². The van der Waals surface area contributed by atoms with Crippen molar-refractivity contribution in [3.63, 3.8) is 0 Å². The SMILES string of the molecule is c1cc2c(cc1B1OC3(CCCC3)C3(CCCC3)O1)CC2. The van der Waals surface area contributed by atoms with Crippen LogP contribution < -0.4 is 5.46 Å². The van der Waals surface area contributed by atoms with Crippen LogP contribution in [0.25, 0.3) is 0 Å². The van der Waals surface area contributed by atoms with Gasteiger partial charge in [-0.2, -0.15) is 0 Å². The predicted molar refractivity (Wildman–Crippen MR) is 83.8 cm³/mol. The largest absolute Gasteiger partial charge is 0.494 e. The molecule has 1 aliphatic heterocycles. The lowest BCUT2D eigenvalue weighted by Crippen LogP contribution is -2.47. The predicted octanol–water partition coefficient (Wildman–Crippen LogP) is 3.15. The smallest absolute Gasteiger partial charge is 0.399 e. The van der Waals surface area contributed by atoms with Gasteiger partial charge in [0.15, 0.2) is 0 Å². The van der Waals surface area contributed by atoms with Crippen LogP contribution in [0, 0.1) is 0 Å². The van der Waals surface area contributed by atoms with Crippen molar-refractivity contribution in [2.45, 2.75) is 75.4 Å². The zero-order valence-electron chi connectivity index (χ0n) is 12.7. The molecule has 0 unspecified atom stereocenters. The Morgan fingerprint density at radius 1 is 0.762 bits per heavy atom. The first-order chi connectivity index (χ1) is 10.3. The second kappa shape index (κ2) is 4.36. The van der Waals surface area contributed by atoms with E-state index in [4.69, 9.17) is 9.31 Å². The molecule has 3 fully saturated rings. The Labute approximate surface area is 127 Å². The van der Waals surface area contributed by atoms with E-state index in [0.717, 1.165) is 0 Å². The van der Waals surface area contributed by atoms with Crippen molar-refractivity contribution in [3.05, 3.63) is 29.3 Å². The Morgan fingerprint density at radius 2 is 1.33 bits per heavy atom. The molecule has 5 rings (SSSR count). The topological polar surface area (TPSA) is 18.5 Å². The quantitative estimate of drug-likeness (QED) is 0.737. The highest BCUT2D eigenvalue weighted by atomic mass is 16.7. The number of hydrogen-bond donors (Lipinski definition) is 0. The summed E-state index contributed by atoms with van der Waals surface area (Å²) in [5.41, 5.74) is 4.33. The third kappa shape index (κ3) is 1.68. The van der Waals surface area contributed by atoms with Gasteiger partial charge in [-0.15, -0.1) is 0 Å². The summed E-state index contributed by atoms with van der Waals surface area (Å²) in [6.07, 6.45) is 12.5. The number of benzene rings is 1. The van der Waals surface area contributed by atoms with Crippen LogP contribution in [0.4, 0.5) is 0 Å². The van der Waals surface area contributed by atoms with E-state index >= 15 is 0 Å². The minimum absolute atomic E-state index is 0.0249. The summed E-state index contributed by atoms with van der Waals surface area (Å²) in [4.78, 5) is 0. The van der Waals surface area contributed by atoms with Crippen molar-refractivity contribution >= 4 is 12.6 Å². The molecular formula is C18H23BO2. The molecule has 2 nitrogen and oxygen atoms in total. The fraction of sp³-hybridized carbons (Fsp3) is 0.667. The van der Waals surface area contributed by atoms with E-state index in [1.165, 1.54) is 80.8 Å². The van der Waals surface area contributed by atoms with Crippen molar-refractivity contribution < 1.29 is 9.31 Å². The van der Waals surface area contributed by atoms with Gasteiger partial charge in [0.25, 0.3) is 0 Å². The average Bonchev–Trinajstić information content (AvgIpc) is 3.16. The molecule has 2 saturated carbocycles. The lowest BCUT2D eigenvalue weighted by molar-refractivity contribution is -0.0400. The van der Waals surface area contributed by atoms with Crippen molar-refractivity contribution in [3.8, 4) is 0 Å². The Bertz CT molecular complexity index is 547. The van der Waals surface area contributed by atoms with Gasteiger partial charge >= 0.3 is 7.12 Å². The maximum absolute atomic E-state index is 6.63. The van der Waals surface area contributed by atoms with Gasteiger partial charge in [-0.1, -0.05) is 43.9 Å². The number of hydrogen-bond acceptors (Lipinski definition) is 2. The summed E-state index contributed by atoms with van der Waals surface area (Å²) in [6.45, 7) is 0. The molecule has 0 N–H and O–H groups in total. The highest BCUT2D eigenvalue weighted by molar-refractivity contribution is 6.62. The third-order valence-corrected chi connectivity index (χ3v) is 6.48. The molecule has 0 bridgehead atoms. The van der Waals surface area contributed by atoms with Gasteiger partial charge in [-0.3, -0.25) is 0 Å². The minimum Gasteiger partial charge on any atom is -0.399 e. The fourth-order valence-electron chi connectivity index (χ4n) is 5.19. The van der Waals surface area contributed by atoms with Crippen LogP contribution in [0.5, 0.6) is 0 Å². The molecule has 1 aromatic rings. The summed E-state index contributed by atoms with van der Waals surface area (Å²) >= 11 is 0. The number of aryl methyl sites for hydroxylation is 2. The zero-order valence-corrected chi connectivity index (χ0v) is 12.7. The fourth-order valence-corrected chi connectivity index (χ4v) is 5.19. The maximum atomic E-state index is 6.63.